The monoisotopic (exact) mass is 185 g/mol. The van der Waals surface area contributed by atoms with Crippen molar-refractivity contribution in [3.8, 4) is 0 Å². The summed E-state index contributed by atoms with van der Waals surface area (Å²) in [6.45, 7) is 2.00. The summed E-state index contributed by atoms with van der Waals surface area (Å²) in [6, 6.07) is 9.73. The minimum atomic E-state index is 0.700. The first-order valence-corrected chi connectivity index (χ1v) is 4.69. The molecule has 0 aliphatic heterocycles. The Bertz CT molecular complexity index is 477. The predicted molar refractivity (Wildman–Crippen MR) is 56.5 cm³/mol. The maximum absolute atomic E-state index is 10.8. The SMILES string of the molecule is CCc1nc2ccccc2cc1C=O. The first-order valence-electron chi connectivity index (χ1n) is 4.69. The highest BCUT2D eigenvalue weighted by molar-refractivity contribution is 5.87. The van der Waals surface area contributed by atoms with Gasteiger partial charge in [-0.1, -0.05) is 25.1 Å². The second-order valence-electron chi connectivity index (χ2n) is 3.19. The fraction of sp³-hybridized carbons (Fsp3) is 0.167. The lowest BCUT2D eigenvalue weighted by Gasteiger charge is -2.03. The number of carbonyl (C=O) groups is 1. The van der Waals surface area contributed by atoms with Crippen LogP contribution >= 0.6 is 0 Å². The van der Waals surface area contributed by atoms with Crippen molar-refractivity contribution in [2.75, 3.05) is 0 Å². The summed E-state index contributed by atoms with van der Waals surface area (Å²) in [4.78, 5) is 15.2. The molecule has 1 aromatic carbocycles. The van der Waals surface area contributed by atoms with Gasteiger partial charge in [0.2, 0.25) is 0 Å². The van der Waals surface area contributed by atoms with Gasteiger partial charge >= 0.3 is 0 Å². The summed E-state index contributed by atoms with van der Waals surface area (Å²) < 4.78 is 0. The molecular formula is C12H11NO. The van der Waals surface area contributed by atoms with Crippen LogP contribution in [0.2, 0.25) is 0 Å². The summed E-state index contributed by atoms with van der Waals surface area (Å²) in [5.74, 6) is 0. The van der Waals surface area contributed by atoms with E-state index >= 15 is 0 Å². The third-order valence-electron chi connectivity index (χ3n) is 2.30. The molecule has 0 amide bonds. The number of hydrogen-bond acceptors (Lipinski definition) is 2. The molecule has 2 heteroatoms. The van der Waals surface area contributed by atoms with Crippen molar-refractivity contribution in [3.63, 3.8) is 0 Å². The van der Waals surface area contributed by atoms with Crippen molar-refractivity contribution < 1.29 is 4.79 Å². The van der Waals surface area contributed by atoms with Gasteiger partial charge in [-0.25, -0.2) is 0 Å². The number of para-hydroxylation sites is 1. The predicted octanol–water partition coefficient (Wildman–Crippen LogP) is 2.61. The van der Waals surface area contributed by atoms with Crippen LogP contribution in [0.5, 0.6) is 0 Å². The summed E-state index contributed by atoms with van der Waals surface area (Å²) in [7, 11) is 0. The van der Waals surface area contributed by atoms with Crippen LogP contribution in [-0.4, -0.2) is 11.3 Å². The average molecular weight is 185 g/mol. The third-order valence-corrected chi connectivity index (χ3v) is 2.30. The lowest BCUT2D eigenvalue weighted by molar-refractivity contribution is 0.112. The van der Waals surface area contributed by atoms with Gasteiger partial charge in [0, 0.05) is 10.9 Å². The van der Waals surface area contributed by atoms with E-state index in [1.807, 2.05) is 37.3 Å². The molecule has 0 aliphatic carbocycles. The molecule has 0 unspecified atom stereocenters. The molecule has 70 valence electrons. The Kier molecular flexibility index (Phi) is 2.27. The second kappa shape index (κ2) is 3.58. The zero-order valence-electron chi connectivity index (χ0n) is 8.03. The average Bonchev–Trinajstić information content (AvgIpc) is 2.27. The van der Waals surface area contributed by atoms with E-state index in [9.17, 15) is 4.79 Å². The molecule has 0 fully saturated rings. The smallest absolute Gasteiger partial charge is 0.151 e. The van der Waals surface area contributed by atoms with Crippen LogP contribution in [0.1, 0.15) is 23.0 Å². The van der Waals surface area contributed by atoms with Gasteiger partial charge in [0.05, 0.1) is 11.2 Å². The molecule has 0 saturated heterocycles. The van der Waals surface area contributed by atoms with Crippen molar-refractivity contribution in [2.45, 2.75) is 13.3 Å². The number of aldehydes is 1. The van der Waals surface area contributed by atoms with Crippen LogP contribution in [0.15, 0.2) is 30.3 Å². The maximum Gasteiger partial charge on any atom is 0.151 e. The number of benzene rings is 1. The Hall–Kier alpha value is -1.70. The van der Waals surface area contributed by atoms with Gasteiger partial charge in [-0.2, -0.15) is 0 Å². The number of carbonyl (C=O) groups excluding carboxylic acids is 1. The maximum atomic E-state index is 10.8. The highest BCUT2D eigenvalue weighted by atomic mass is 16.1. The molecule has 1 heterocycles. The van der Waals surface area contributed by atoms with Crippen molar-refractivity contribution in [1.29, 1.82) is 0 Å². The lowest BCUT2D eigenvalue weighted by atomic mass is 10.1. The van der Waals surface area contributed by atoms with E-state index in [2.05, 4.69) is 4.98 Å². The molecule has 0 spiro atoms. The molecule has 2 nitrogen and oxygen atoms in total. The van der Waals surface area contributed by atoms with E-state index < -0.39 is 0 Å². The Balaban J connectivity index is 2.75. The molecule has 0 radical (unpaired) electrons. The molecule has 2 rings (SSSR count). The van der Waals surface area contributed by atoms with Gasteiger partial charge in [0.25, 0.3) is 0 Å². The number of fused-ring (bicyclic) bond motifs is 1. The first-order chi connectivity index (χ1) is 6.85. The molecule has 1 aromatic heterocycles. The van der Waals surface area contributed by atoms with Crippen LogP contribution in [0.3, 0.4) is 0 Å². The van der Waals surface area contributed by atoms with Gasteiger partial charge in [-0.05, 0) is 18.6 Å². The highest BCUT2D eigenvalue weighted by Crippen LogP contribution is 2.15. The number of hydrogen-bond donors (Lipinski definition) is 0. The Morgan fingerprint density at radius 1 is 1.36 bits per heavy atom. The summed E-state index contributed by atoms with van der Waals surface area (Å²) in [6.07, 6.45) is 1.66. The molecule has 2 aromatic rings. The first kappa shape index (κ1) is 8.88. The van der Waals surface area contributed by atoms with Crippen LogP contribution in [0, 0.1) is 0 Å². The van der Waals surface area contributed by atoms with Gasteiger partial charge in [0.1, 0.15) is 0 Å². The van der Waals surface area contributed by atoms with Crippen LogP contribution in [0.4, 0.5) is 0 Å². The zero-order chi connectivity index (χ0) is 9.97. The minimum Gasteiger partial charge on any atom is -0.298 e. The minimum absolute atomic E-state index is 0.700. The van der Waals surface area contributed by atoms with E-state index in [0.717, 1.165) is 29.3 Å². The topological polar surface area (TPSA) is 30.0 Å². The van der Waals surface area contributed by atoms with E-state index in [4.69, 9.17) is 0 Å². The number of nitrogens with zero attached hydrogens (tertiary/aromatic N) is 1. The standard InChI is InChI=1S/C12H11NO/c1-2-11-10(8-14)7-9-5-3-4-6-12(9)13-11/h3-8H,2H2,1H3. The molecule has 0 atom stereocenters. The number of rotatable bonds is 2. The zero-order valence-corrected chi connectivity index (χ0v) is 8.03. The van der Waals surface area contributed by atoms with Crippen molar-refractivity contribution in [1.82, 2.24) is 4.98 Å². The normalized spacial score (nSPS) is 10.4. The molecule has 0 N–H and O–H groups in total. The van der Waals surface area contributed by atoms with Crippen LogP contribution in [-0.2, 0) is 6.42 Å². The summed E-state index contributed by atoms with van der Waals surface area (Å²) in [5.41, 5.74) is 2.53. The quantitative estimate of drug-likeness (QED) is 0.673. The van der Waals surface area contributed by atoms with Crippen molar-refractivity contribution in [3.05, 3.63) is 41.6 Å². The van der Waals surface area contributed by atoms with Crippen LogP contribution < -0.4 is 0 Å². The molecule has 0 aliphatic rings. The third kappa shape index (κ3) is 1.39. The number of aryl methyl sites for hydroxylation is 1. The van der Waals surface area contributed by atoms with E-state index in [-0.39, 0.29) is 0 Å². The number of aromatic nitrogens is 1. The second-order valence-corrected chi connectivity index (χ2v) is 3.19. The molecule has 0 bridgehead atoms. The van der Waals surface area contributed by atoms with E-state index in [1.165, 1.54) is 0 Å². The van der Waals surface area contributed by atoms with Gasteiger partial charge < -0.3 is 0 Å². The summed E-state index contributed by atoms with van der Waals surface area (Å²) in [5, 5.41) is 1.02. The fourth-order valence-electron chi connectivity index (χ4n) is 1.56. The van der Waals surface area contributed by atoms with E-state index in [0.29, 0.717) is 5.56 Å². The molecular weight excluding hydrogens is 174 g/mol. The Morgan fingerprint density at radius 2 is 2.14 bits per heavy atom. The molecule has 0 saturated carbocycles. The van der Waals surface area contributed by atoms with Crippen molar-refractivity contribution >= 4 is 17.2 Å². The molecule has 14 heavy (non-hydrogen) atoms. The van der Waals surface area contributed by atoms with E-state index in [1.54, 1.807) is 0 Å². The number of pyridine rings is 1. The van der Waals surface area contributed by atoms with Gasteiger partial charge in [-0.3, -0.25) is 9.78 Å². The highest BCUT2D eigenvalue weighted by Gasteiger charge is 2.03. The Labute approximate surface area is 82.6 Å². The van der Waals surface area contributed by atoms with Crippen LogP contribution in [0.25, 0.3) is 10.9 Å². The van der Waals surface area contributed by atoms with Crippen molar-refractivity contribution in [2.24, 2.45) is 0 Å². The summed E-state index contributed by atoms with van der Waals surface area (Å²) >= 11 is 0. The lowest BCUT2D eigenvalue weighted by Crippen LogP contribution is -1.95. The Morgan fingerprint density at radius 3 is 2.86 bits per heavy atom. The fourth-order valence-corrected chi connectivity index (χ4v) is 1.56. The van der Waals surface area contributed by atoms with Gasteiger partial charge in [0.15, 0.2) is 6.29 Å². The van der Waals surface area contributed by atoms with Gasteiger partial charge in [-0.15, -0.1) is 0 Å². The largest absolute Gasteiger partial charge is 0.298 e.